The first-order valence-electron chi connectivity index (χ1n) is 9.16. The summed E-state index contributed by atoms with van der Waals surface area (Å²) in [5.41, 5.74) is 0.562. The maximum Gasteiger partial charge on any atom is 0.425 e. The lowest BCUT2D eigenvalue weighted by atomic mass is 10.0. The lowest BCUT2D eigenvalue weighted by Crippen LogP contribution is -2.31. The molecule has 0 bridgehead atoms. The van der Waals surface area contributed by atoms with Crippen molar-refractivity contribution in [3.8, 4) is 5.75 Å². The second kappa shape index (κ2) is 8.99. The van der Waals surface area contributed by atoms with E-state index in [-0.39, 0.29) is 5.69 Å². The predicted molar refractivity (Wildman–Crippen MR) is 108 cm³/mol. The van der Waals surface area contributed by atoms with E-state index in [1.54, 1.807) is 60.7 Å². The van der Waals surface area contributed by atoms with Crippen LogP contribution in [0.25, 0.3) is 0 Å². The number of aromatic carboxylic acids is 1. The van der Waals surface area contributed by atoms with Gasteiger partial charge in [-0.25, -0.2) is 14.2 Å². The fraction of sp³-hybridized carbons (Fsp3) is 0.130. The fourth-order valence-electron chi connectivity index (χ4n) is 2.76. The van der Waals surface area contributed by atoms with Crippen LogP contribution in [-0.4, -0.2) is 29.1 Å². The summed E-state index contributed by atoms with van der Waals surface area (Å²) in [5.74, 6) is -3.25. The second-order valence-corrected chi connectivity index (χ2v) is 6.60. The van der Waals surface area contributed by atoms with Crippen LogP contribution in [0.2, 0.25) is 0 Å². The molecule has 0 fully saturated rings. The zero-order chi connectivity index (χ0) is 22.6. The molecule has 1 N–H and O–H groups in total. The van der Waals surface area contributed by atoms with Crippen molar-refractivity contribution in [3.05, 3.63) is 95.3 Å². The van der Waals surface area contributed by atoms with Crippen molar-refractivity contribution >= 4 is 17.4 Å². The Labute approximate surface area is 175 Å². The highest BCUT2D eigenvalue weighted by atomic mass is 19.4. The van der Waals surface area contributed by atoms with Crippen molar-refractivity contribution in [2.75, 3.05) is 0 Å². The van der Waals surface area contributed by atoms with Crippen molar-refractivity contribution < 1.29 is 32.2 Å². The molecule has 0 heterocycles. The standard InChI is InChI=1S/C23H17F4NO3/c1-14(23(25,26)27)31-20-13-19(18(24)12-17(20)22(29)30)28-21(15-8-4-2-5-9-15)16-10-6-3-7-11-16/h2-14H,1H3,(H,29,30). The molecule has 4 nitrogen and oxygen atoms in total. The van der Waals surface area contributed by atoms with Gasteiger partial charge in [0.05, 0.1) is 5.71 Å². The molecule has 3 aromatic carbocycles. The molecule has 8 heteroatoms. The third-order valence-electron chi connectivity index (χ3n) is 4.37. The van der Waals surface area contributed by atoms with E-state index in [1.807, 2.05) is 0 Å². The molecule has 0 saturated carbocycles. The molecule has 0 radical (unpaired) electrons. The Morgan fingerprint density at radius 2 is 1.48 bits per heavy atom. The molecule has 0 saturated heterocycles. The molecule has 31 heavy (non-hydrogen) atoms. The minimum absolute atomic E-state index is 0.350. The van der Waals surface area contributed by atoms with E-state index in [2.05, 4.69) is 4.99 Å². The molecule has 3 rings (SSSR count). The quantitative estimate of drug-likeness (QED) is 0.383. The molecule has 0 aliphatic rings. The number of carboxylic acid groups (broad SMARTS) is 1. The van der Waals surface area contributed by atoms with Gasteiger partial charge in [-0.05, 0) is 13.0 Å². The van der Waals surface area contributed by atoms with Gasteiger partial charge in [0, 0.05) is 17.2 Å². The van der Waals surface area contributed by atoms with Crippen LogP contribution in [0.15, 0.2) is 77.8 Å². The smallest absolute Gasteiger partial charge is 0.425 e. The molecular weight excluding hydrogens is 414 g/mol. The van der Waals surface area contributed by atoms with Gasteiger partial charge in [-0.1, -0.05) is 60.7 Å². The summed E-state index contributed by atoms with van der Waals surface area (Å²) >= 11 is 0. The van der Waals surface area contributed by atoms with E-state index in [0.29, 0.717) is 22.9 Å². The third-order valence-corrected chi connectivity index (χ3v) is 4.37. The highest BCUT2D eigenvalue weighted by molar-refractivity contribution is 6.14. The van der Waals surface area contributed by atoms with Gasteiger partial charge in [0.1, 0.15) is 22.8 Å². The summed E-state index contributed by atoms with van der Waals surface area (Å²) in [4.78, 5) is 15.7. The Morgan fingerprint density at radius 1 is 0.968 bits per heavy atom. The van der Waals surface area contributed by atoms with E-state index in [4.69, 9.17) is 4.74 Å². The number of hydrogen-bond donors (Lipinski definition) is 1. The van der Waals surface area contributed by atoms with E-state index in [0.717, 1.165) is 13.0 Å². The minimum Gasteiger partial charge on any atom is -0.480 e. The largest absolute Gasteiger partial charge is 0.480 e. The Hall–Kier alpha value is -3.68. The topological polar surface area (TPSA) is 58.9 Å². The normalized spacial score (nSPS) is 12.2. The summed E-state index contributed by atoms with van der Waals surface area (Å²) in [6.45, 7) is 0.733. The van der Waals surface area contributed by atoms with Crippen LogP contribution >= 0.6 is 0 Å². The van der Waals surface area contributed by atoms with Gasteiger partial charge >= 0.3 is 12.1 Å². The maximum absolute atomic E-state index is 14.7. The summed E-state index contributed by atoms with van der Waals surface area (Å²) in [7, 11) is 0. The first-order valence-corrected chi connectivity index (χ1v) is 9.16. The Bertz CT molecular complexity index is 1060. The van der Waals surface area contributed by atoms with E-state index >= 15 is 0 Å². The Morgan fingerprint density at radius 3 is 1.94 bits per heavy atom. The lowest BCUT2D eigenvalue weighted by Gasteiger charge is -2.19. The van der Waals surface area contributed by atoms with Crippen molar-refractivity contribution in [1.29, 1.82) is 0 Å². The SMILES string of the molecule is CC(Oc1cc(N=C(c2ccccc2)c2ccccc2)c(F)cc1C(=O)O)C(F)(F)F. The average Bonchev–Trinajstić information content (AvgIpc) is 2.74. The Balaban J connectivity index is 2.16. The van der Waals surface area contributed by atoms with E-state index in [9.17, 15) is 27.5 Å². The highest BCUT2D eigenvalue weighted by Gasteiger charge is 2.38. The Kier molecular flexibility index (Phi) is 6.39. The molecule has 160 valence electrons. The van der Waals surface area contributed by atoms with Crippen LogP contribution in [0.4, 0.5) is 23.2 Å². The third kappa shape index (κ3) is 5.28. The van der Waals surface area contributed by atoms with Crippen LogP contribution in [0.1, 0.15) is 28.4 Å². The summed E-state index contributed by atoms with van der Waals surface area (Å²) in [6, 6.07) is 19.1. The zero-order valence-electron chi connectivity index (χ0n) is 16.2. The number of hydrogen-bond acceptors (Lipinski definition) is 3. The lowest BCUT2D eigenvalue weighted by molar-refractivity contribution is -0.189. The summed E-state index contributed by atoms with van der Waals surface area (Å²) in [6.07, 6.45) is -7.03. The van der Waals surface area contributed by atoms with Crippen molar-refractivity contribution in [3.63, 3.8) is 0 Å². The van der Waals surface area contributed by atoms with Crippen molar-refractivity contribution in [2.24, 2.45) is 4.99 Å². The number of rotatable bonds is 6. The first-order chi connectivity index (χ1) is 14.7. The molecule has 0 amide bonds. The molecular formula is C23H17F4NO3. The highest BCUT2D eigenvalue weighted by Crippen LogP contribution is 2.33. The first kappa shape index (κ1) is 22.0. The van der Waals surface area contributed by atoms with Gasteiger partial charge in [-0.3, -0.25) is 0 Å². The number of carboxylic acids is 1. The van der Waals surface area contributed by atoms with Gasteiger partial charge in [0.15, 0.2) is 6.10 Å². The van der Waals surface area contributed by atoms with Gasteiger partial charge in [-0.15, -0.1) is 0 Å². The number of nitrogens with zero attached hydrogens (tertiary/aromatic N) is 1. The number of halogens is 4. The van der Waals surface area contributed by atoms with E-state index in [1.165, 1.54) is 0 Å². The van der Waals surface area contributed by atoms with Crippen LogP contribution in [-0.2, 0) is 0 Å². The number of benzene rings is 3. The van der Waals surface area contributed by atoms with Crippen molar-refractivity contribution in [2.45, 2.75) is 19.2 Å². The van der Waals surface area contributed by atoms with E-state index < -0.39 is 35.4 Å². The monoisotopic (exact) mass is 431 g/mol. The minimum atomic E-state index is -4.73. The van der Waals surface area contributed by atoms with Crippen LogP contribution < -0.4 is 4.74 Å². The molecule has 1 atom stereocenters. The van der Waals surface area contributed by atoms with Crippen LogP contribution in [0, 0.1) is 5.82 Å². The molecule has 3 aromatic rings. The van der Waals surface area contributed by atoms with Crippen LogP contribution in [0.5, 0.6) is 5.75 Å². The van der Waals surface area contributed by atoms with Crippen molar-refractivity contribution in [1.82, 2.24) is 0 Å². The number of alkyl halides is 3. The molecule has 0 aromatic heterocycles. The average molecular weight is 431 g/mol. The van der Waals surface area contributed by atoms with Gasteiger partial charge < -0.3 is 9.84 Å². The summed E-state index contributed by atoms with van der Waals surface area (Å²) < 4.78 is 58.3. The fourth-order valence-corrected chi connectivity index (χ4v) is 2.76. The molecule has 0 aliphatic heterocycles. The summed E-state index contributed by atoms with van der Waals surface area (Å²) in [5, 5.41) is 9.27. The van der Waals surface area contributed by atoms with Gasteiger partial charge in [0.25, 0.3) is 0 Å². The number of carbonyl (C=O) groups is 1. The van der Waals surface area contributed by atoms with Crippen LogP contribution in [0.3, 0.4) is 0 Å². The number of ether oxygens (including phenoxy) is 1. The zero-order valence-corrected chi connectivity index (χ0v) is 16.2. The predicted octanol–water partition coefficient (Wildman–Crippen LogP) is 6.02. The maximum atomic E-state index is 14.7. The number of aliphatic imine (C=N–C) groups is 1. The van der Waals surface area contributed by atoms with Gasteiger partial charge in [0.2, 0.25) is 0 Å². The molecule has 0 aliphatic carbocycles. The van der Waals surface area contributed by atoms with Gasteiger partial charge in [-0.2, -0.15) is 13.2 Å². The molecule has 1 unspecified atom stereocenters. The second-order valence-electron chi connectivity index (χ2n) is 6.60. The molecule has 0 spiro atoms.